The molecule has 5 N–H and O–H groups in total. The molecule has 3 amide bonds. The molecule has 0 aliphatic rings. The number of alkyl halides is 3. The third-order valence-corrected chi connectivity index (χ3v) is 7.98. The molecule has 0 saturated heterocycles. The van der Waals surface area contributed by atoms with Crippen molar-refractivity contribution in [2.75, 3.05) is 25.5 Å². The molecule has 0 bridgehead atoms. The van der Waals surface area contributed by atoms with E-state index in [1.807, 2.05) is 0 Å². The van der Waals surface area contributed by atoms with E-state index >= 15 is 0 Å². The zero-order valence-electron chi connectivity index (χ0n) is 25.2. The lowest BCUT2D eigenvalue weighted by Gasteiger charge is -2.34. The second-order valence-electron chi connectivity index (χ2n) is 11.4. The quantitative estimate of drug-likeness (QED) is 0.184. The van der Waals surface area contributed by atoms with Crippen molar-refractivity contribution in [3.8, 4) is 5.69 Å². The van der Waals surface area contributed by atoms with Gasteiger partial charge in [0.25, 0.3) is 11.8 Å². The first-order valence-electron chi connectivity index (χ1n) is 13.8. The number of aliphatic hydroxyl groups is 1. The molecule has 0 aliphatic heterocycles. The Morgan fingerprint density at radius 3 is 2.28 bits per heavy atom. The SMILES string of the molecule is Cc1cc(NCC(O)(CN(C)C(=O)c2c(Cl)cccc2Cl)C(F)(F)F)c2cnn(-c3cccc(C(=O)NC(C)(C)C(N)=O)c3)c2c1. The summed E-state index contributed by atoms with van der Waals surface area (Å²) >= 11 is 12.1. The highest BCUT2D eigenvalue weighted by Crippen LogP contribution is 2.34. The van der Waals surface area contributed by atoms with Crippen molar-refractivity contribution in [1.29, 1.82) is 0 Å². The summed E-state index contributed by atoms with van der Waals surface area (Å²) in [6.07, 6.45) is -3.71. The number of aryl methyl sites for hydroxylation is 1. The van der Waals surface area contributed by atoms with Gasteiger partial charge in [-0.05, 0) is 68.8 Å². The Balaban J connectivity index is 1.62. The van der Waals surface area contributed by atoms with Gasteiger partial charge in [-0.1, -0.05) is 35.3 Å². The number of halogens is 5. The Bertz CT molecular complexity index is 1810. The van der Waals surface area contributed by atoms with Crippen LogP contribution >= 0.6 is 23.2 Å². The number of carbonyl (C=O) groups is 3. The minimum atomic E-state index is -5.14. The standard InChI is InChI=1S/C31H31Cl2F3N6O4/c1-17-11-23(38-15-30(46,31(34,35)36)16-41(4)27(44)25-21(32)9-6-10-22(25)33)20-14-39-42(24(20)12-17)19-8-5-7-18(13-19)26(43)40-29(2,3)28(37)45/h5-14,38,46H,15-16H2,1-4H3,(H2,37,45)(H,40,43). The first-order chi connectivity index (χ1) is 21.3. The minimum Gasteiger partial charge on any atom is -0.381 e. The molecular formula is C31H31Cl2F3N6O4. The highest BCUT2D eigenvalue weighted by molar-refractivity contribution is 6.39. The molecule has 0 aliphatic carbocycles. The monoisotopic (exact) mass is 678 g/mol. The Labute approximate surface area is 272 Å². The average Bonchev–Trinajstić information content (AvgIpc) is 3.38. The van der Waals surface area contributed by atoms with Gasteiger partial charge >= 0.3 is 6.18 Å². The molecular weight excluding hydrogens is 648 g/mol. The molecule has 1 unspecified atom stereocenters. The molecule has 244 valence electrons. The van der Waals surface area contributed by atoms with Crippen LogP contribution in [0.15, 0.2) is 60.8 Å². The number of likely N-dealkylation sites (N-methyl/N-ethyl adjacent to an activating group) is 1. The lowest BCUT2D eigenvalue weighted by Crippen LogP contribution is -2.58. The van der Waals surface area contributed by atoms with Crippen LogP contribution in [0.2, 0.25) is 10.0 Å². The smallest absolute Gasteiger partial charge is 0.381 e. The van der Waals surface area contributed by atoms with Crippen LogP contribution in [0, 0.1) is 6.92 Å². The zero-order chi connectivity index (χ0) is 34.2. The Kier molecular flexibility index (Phi) is 9.62. The fourth-order valence-electron chi connectivity index (χ4n) is 4.66. The average molecular weight is 680 g/mol. The molecule has 4 rings (SSSR count). The van der Waals surface area contributed by atoms with Crippen LogP contribution in [0.1, 0.15) is 40.1 Å². The van der Waals surface area contributed by atoms with Crippen LogP contribution in [-0.4, -0.2) is 75.0 Å². The minimum absolute atomic E-state index is 0.0437. The number of hydrogen-bond acceptors (Lipinski definition) is 6. The number of carbonyl (C=O) groups excluding carboxylic acids is 3. The van der Waals surface area contributed by atoms with Crippen molar-refractivity contribution in [3.05, 3.63) is 87.5 Å². The Morgan fingerprint density at radius 1 is 1.04 bits per heavy atom. The summed E-state index contributed by atoms with van der Waals surface area (Å²) in [6, 6.07) is 14.0. The second kappa shape index (κ2) is 12.8. The first kappa shape index (κ1) is 34.5. The molecule has 0 spiro atoms. The summed E-state index contributed by atoms with van der Waals surface area (Å²) in [6.45, 7) is 2.53. The van der Waals surface area contributed by atoms with Crippen LogP contribution in [0.5, 0.6) is 0 Å². The Hall–Kier alpha value is -4.33. The maximum atomic E-state index is 14.3. The maximum Gasteiger partial charge on any atom is 0.420 e. The normalized spacial score (nSPS) is 13.3. The van der Waals surface area contributed by atoms with Crippen LogP contribution in [0.25, 0.3) is 16.6 Å². The zero-order valence-corrected chi connectivity index (χ0v) is 26.7. The van der Waals surface area contributed by atoms with Gasteiger partial charge < -0.3 is 26.4 Å². The van der Waals surface area contributed by atoms with E-state index in [2.05, 4.69) is 15.7 Å². The van der Waals surface area contributed by atoms with E-state index in [1.54, 1.807) is 37.3 Å². The highest BCUT2D eigenvalue weighted by Gasteiger charge is 2.54. The van der Waals surface area contributed by atoms with Gasteiger partial charge in [0.2, 0.25) is 5.91 Å². The number of nitrogens with zero attached hydrogens (tertiary/aromatic N) is 3. The fraction of sp³-hybridized carbons (Fsp3) is 0.290. The number of rotatable bonds is 10. The molecule has 4 aromatic rings. The first-order valence-corrected chi connectivity index (χ1v) is 14.5. The van der Waals surface area contributed by atoms with Gasteiger partial charge in [0, 0.05) is 23.7 Å². The number of hydrogen-bond donors (Lipinski definition) is 4. The molecule has 10 nitrogen and oxygen atoms in total. The van der Waals surface area contributed by atoms with Gasteiger partial charge in [-0.25, -0.2) is 4.68 Å². The predicted molar refractivity (Wildman–Crippen MR) is 169 cm³/mol. The van der Waals surface area contributed by atoms with Crippen LogP contribution in [0.3, 0.4) is 0 Å². The molecule has 0 radical (unpaired) electrons. The lowest BCUT2D eigenvalue weighted by atomic mass is 10.0. The number of fused-ring (bicyclic) bond motifs is 1. The number of primary amides is 1. The summed E-state index contributed by atoms with van der Waals surface area (Å²) in [5, 5.41) is 20.9. The van der Waals surface area contributed by atoms with Crippen molar-refractivity contribution < 1.29 is 32.7 Å². The number of nitrogens with two attached hydrogens (primary N) is 1. The maximum absolute atomic E-state index is 14.3. The van der Waals surface area contributed by atoms with Crippen molar-refractivity contribution in [1.82, 2.24) is 20.0 Å². The summed E-state index contributed by atoms with van der Waals surface area (Å²) in [7, 11) is 1.11. The van der Waals surface area contributed by atoms with E-state index in [-0.39, 0.29) is 26.9 Å². The molecule has 46 heavy (non-hydrogen) atoms. The summed E-state index contributed by atoms with van der Waals surface area (Å²) in [4.78, 5) is 38.2. The molecule has 0 fully saturated rings. The van der Waals surface area contributed by atoms with E-state index in [1.165, 1.54) is 49.0 Å². The predicted octanol–water partition coefficient (Wildman–Crippen LogP) is 5.11. The second-order valence-corrected chi connectivity index (χ2v) is 12.3. The van der Waals surface area contributed by atoms with Gasteiger partial charge in [-0.2, -0.15) is 18.3 Å². The molecule has 1 atom stereocenters. The highest BCUT2D eigenvalue weighted by atomic mass is 35.5. The Morgan fingerprint density at radius 2 is 1.67 bits per heavy atom. The van der Waals surface area contributed by atoms with Crippen molar-refractivity contribution in [2.24, 2.45) is 5.73 Å². The number of aromatic nitrogens is 2. The van der Waals surface area contributed by atoms with Gasteiger partial charge in [0.1, 0.15) is 5.54 Å². The van der Waals surface area contributed by atoms with E-state index in [4.69, 9.17) is 28.9 Å². The van der Waals surface area contributed by atoms with E-state index in [0.717, 1.165) is 7.05 Å². The number of amides is 3. The largest absolute Gasteiger partial charge is 0.420 e. The van der Waals surface area contributed by atoms with Gasteiger partial charge in [-0.3, -0.25) is 14.4 Å². The molecule has 15 heteroatoms. The topological polar surface area (TPSA) is 143 Å². The molecule has 0 saturated carbocycles. The number of benzene rings is 3. The van der Waals surface area contributed by atoms with Crippen LogP contribution < -0.4 is 16.4 Å². The molecule has 1 heterocycles. The van der Waals surface area contributed by atoms with E-state index < -0.39 is 48.1 Å². The van der Waals surface area contributed by atoms with E-state index in [9.17, 15) is 32.7 Å². The van der Waals surface area contributed by atoms with Crippen LogP contribution in [0.4, 0.5) is 18.9 Å². The fourth-order valence-corrected chi connectivity index (χ4v) is 5.22. The number of nitrogens with one attached hydrogen (secondary N) is 2. The third kappa shape index (κ3) is 7.06. The third-order valence-electron chi connectivity index (χ3n) is 7.35. The summed E-state index contributed by atoms with van der Waals surface area (Å²) < 4.78 is 44.4. The van der Waals surface area contributed by atoms with E-state index in [0.29, 0.717) is 27.1 Å². The lowest BCUT2D eigenvalue weighted by molar-refractivity contribution is -0.256. The summed E-state index contributed by atoms with van der Waals surface area (Å²) in [5.41, 5.74) is 2.57. The molecule has 1 aromatic heterocycles. The van der Waals surface area contributed by atoms with Crippen molar-refractivity contribution in [3.63, 3.8) is 0 Å². The van der Waals surface area contributed by atoms with Crippen molar-refractivity contribution >= 4 is 57.5 Å². The van der Waals surface area contributed by atoms with Gasteiger partial charge in [0.15, 0.2) is 5.60 Å². The van der Waals surface area contributed by atoms with Crippen molar-refractivity contribution in [2.45, 2.75) is 38.1 Å². The summed E-state index contributed by atoms with van der Waals surface area (Å²) in [5.74, 6) is -2.16. The van der Waals surface area contributed by atoms with Gasteiger partial charge in [0.05, 0.1) is 46.1 Å². The number of anilines is 1. The molecule has 3 aromatic carbocycles. The van der Waals surface area contributed by atoms with Crippen LogP contribution in [-0.2, 0) is 4.79 Å². The van der Waals surface area contributed by atoms with Gasteiger partial charge in [-0.15, -0.1) is 0 Å².